The number of carbonyl (C=O) groups is 1. The third-order valence-corrected chi connectivity index (χ3v) is 5.80. The third kappa shape index (κ3) is 3.27. The van der Waals surface area contributed by atoms with Crippen LogP contribution in [0.25, 0.3) is 21.0 Å². The molecule has 0 radical (unpaired) electrons. The van der Waals surface area contributed by atoms with Gasteiger partial charge in [-0.25, -0.2) is 9.97 Å². The van der Waals surface area contributed by atoms with Crippen molar-refractivity contribution >= 4 is 43.9 Å². The van der Waals surface area contributed by atoms with Crippen LogP contribution in [0.15, 0.2) is 34.1 Å². The number of amides is 1. The number of thiophene rings is 1. The summed E-state index contributed by atoms with van der Waals surface area (Å²) < 4.78 is 6.77. The fourth-order valence-electron chi connectivity index (χ4n) is 2.84. The summed E-state index contributed by atoms with van der Waals surface area (Å²) in [5, 5.41) is 5.47. The number of fused-ring (bicyclic) bond motifs is 1. The van der Waals surface area contributed by atoms with E-state index in [0.717, 1.165) is 20.7 Å². The van der Waals surface area contributed by atoms with Crippen LogP contribution in [0.2, 0.25) is 0 Å². The van der Waals surface area contributed by atoms with E-state index in [0.29, 0.717) is 22.5 Å². The summed E-state index contributed by atoms with van der Waals surface area (Å²) in [5.41, 5.74) is 3.90. The Kier molecular flexibility index (Phi) is 4.34. The summed E-state index contributed by atoms with van der Waals surface area (Å²) >= 11 is 3.05. The number of oxazole rings is 1. The Morgan fingerprint density at radius 1 is 1.23 bits per heavy atom. The fraction of sp³-hybridized carbons (Fsp3) is 0.211. The fourth-order valence-corrected chi connectivity index (χ4v) is 4.54. The number of rotatable bonds is 4. The molecular formula is C19H17N3O2S2. The molecule has 7 heteroatoms. The Balaban J connectivity index is 1.52. The lowest BCUT2D eigenvalue weighted by molar-refractivity contribution is -0.115. The van der Waals surface area contributed by atoms with Crippen molar-refractivity contribution < 1.29 is 9.21 Å². The van der Waals surface area contributed by atoms with Gasteiger partial charge in [0.2, 0.25) is 11.8 Å². The zero-order valence-electron chi connectivity index (χ0n) is 14.6. The number of carbonyl (C=O) groups excluding carboxylic acids is 1. The van der Waals surface area contributed by atoms with Crippen LogP contribution in [0.5, 0.6) is 0 Å². The minimum atomic E-state index is -0.146. The largest absolute Gasteiger partial charge is 0.440 e. The number of thiazole rings is 1. The van der Waals surface area contributed by atoms with Crippen molar-refractivity contribution in [2.45, 2.75) is 27.2 Å². The molecule has 0 spiro atoms. The highest BCUT2D eigenvalue weighted by Gasteiger charge is 2.16. The zero-order valence-corrected chi connectivity index (χ0v) is 16.3. The van der Waals surface area contributed by atoms with Crippen LogP contribution in [-0.2, 0) is 11.2 Å². The molecular weight excluding hydrogens is 366 g/mol. The number of nitrogens with zero attached hydrogens (tertiary/aromatic N) is 2. The van der Waals surface area contributed by atoms with Gasteiger partial charge in [0.15, 0.2) is 5.13 Å². The van der Waals surface area contributed by atoms with Crippen LogP contribution in [0.1, 0.15) is 22.6 Å². The Morgan fingerprint density at radius 2 is 2.08 bits per heavy atom. The number of hydrogen-bond donors (Lipinski definition) is 1. The van der Waals surface area contributed by atoms with Crippen LogP contribution in [-0.4, -0.2) is 15.9 Å². The molecule has 0 aliphatic carbocycles. The second-order valence-electron chi connectivity index (χ2n) is 6.17. The SMILES string of the molecule is Cc1cc(C)c2nc(NC(=O)Cc3nc(-c4cccs4)oc3C)sc2c1. The second-order valence-corrected chi connectivity index (χ2v) is 8.15. The number of nitrogens with one attached hydrogen (secondary N) is 1. The van der Waals surface area contributed by atoms with E-state index in [1.54, 1.807) is 11.3 Å². The molecule has 1 N–H and O–H groups in total. The second kappa shape index (κ2) is 6.66. The van der Waals surface area contributed by atoms with Gasteiger partial charge in [0.25, 0.3) is 0 Å². The van der Waals surface area contributed by atoms with E-state index in [4.69, 9.17) is 4.42 Å². The van der Waals surface area contributed by atoms with Gasteiger partial charge >= 0.3 is 0 Å². The van der Waals surface area contributed by atoms with Crippen LogP contribution in [0.4, 0.5) is 5.13 Å². The van der Waals surface area contributed by atoms with Crippen LogP contribution in [0, 0.1) is 20.8 Å². The first-order valence-corrected chi connectivity index (χ1v) is 9.87. The van der Waals surface area contributed by atoms with Gasteiger partial charge in [-0.2, -0.15) is 0 Å². The molecule has 1 amide bonds. The quantitative estimate of drug-likeness (QED) is 0.531. The van der Waals surface area contributed by atoms with Crippen LogP contribution >= 0.6 is 22.7 Å². The maximum Gasteiger partial charge on any atom is 0.236 e. The molecule has 3 heterocycles. The molecule has 0 atom stereocenters. The van der Waals surface area contributed by atoms with Crippen molar-refractivity contribution in [3.8, 4) is 10.8 Å². The van der Waals surface area contributed by atoms with Gasteiger partial charge in [-0.1, -0.05) is 23.5 Å². The first-order chi connectivity index (χ1) is 12.5. The van der Waals surface area contributed by atoms with Gasteiger partial charge in [-0.3, -0.25) is 4.79 Å². The van der Waals surface area contributed by atoms with Gasteiger partial charge in [-0.15, -0.1) is 11.3 Å². The lowest BCUT2D eigenvalue weighted by Gasteiger charge is -1.99. The molecule has 26 heavy (non-hydrogen) atoms. The molecule has 0 aliphatic rings. The lowest BCUT2D eigenvalue weighted by Crippen LogP contribution is -2.15. The van der Waals surface area contributed by atoms with Gasteiger partial charge < -0.3 is 9.73 Å². The van der Waals surface area contributed by atoms with Crippen molar-refractivity contribution in [1.82, 2.24) is 9.97 Å². The van der Waals surface area contributed by atoms with Crippen LogP contribution < -0.4 is 5.32 Å². The Morgan fingerprint density at radius 3 is 2.85 bits per heavy atom. The van der Waals surface area contributed by atoms with E-state index in [1.165, 1.54) is 16.9 Å². The van der Waals surface area contributed by atoms with Gasteiger partial charge in [-0.05, 0) is 49.4 Å². The maximum absolute atomic E-state index is 12.4. The molecule has 0 saturated heterocycles. The lowest BCUT2D eigenvalue weighted by atomic mass is 10.1. The number of aryl methyl sites for hydroxylation is 3. The molecule has 0 fully saturated rings. The number of anilines is 1. The van der Waals surface area contributed by atoms with Gasteiger partial charge in [0.05, 0.1) is 27.2 Å². The minimum absolute atomic E-state index is 0.146. The highest BCUT2D eigenvalue weighted by atomic mass is 32.1. The predicted molar refractivity (Wildman–Crippen MR) is 106 cm³/mol. The average Bonchev–Trinajstić information content (AvgIpc) is 3.28. The summed E-state index contributed by atoms with van der Waals surface area (Å²) in [6.07, 6.45) is 0.161. The Labute approximate surface area is 158 Å². The topological polar surface area (TPSA) is 68.0 Å². The zero-order chi connectivity index (χ0) is 18.3. The number of hydrogen-bond acceptors (Lipinski definition) is 6. The third-order valence-electron chi connectivity index (χ3n) is 4.03. The molecule has 5 nitrogen and oxygen atoms in total. The van der Waals surface area contributed by atoms with Crippen molar-refractivity contribution in [3.05, 3.63) is 52.2 Å². The van der Waals surface area contributed by atoms with Crippen molar-refractivity contribution in [3.63, 3.8) is 0 Å². The number of benzene rings is 1. The molecule has 0 aliphatic heterocycles. The molecule has 0 unspecified atom stereocenters. The van der Waals surface area contributed by atoms with Gasteiger partial charge in [0.1, 0.15) is 5.76 Å². The van der Waals surface area contributed by atoms with E-state index in [9.17, 15) is 4.79 Å². The first-order valence-electron chi connectivity index (χ1n) is 8.17. The maximum atomic E-state index is 12.4. The van der Waals surface area contributed by atoms with E-state index < -0.39 is 0 Å². The highest BCUT2D eigenvalue weighted by molar-refractivity contribution is 7.22. The highest BCUT2D eigenvalue weighted by Crippen LogP contribution is 2.30. The van der Waals surface area contributed by atoms with E-state index in [1.807, 2.05) is 31.4 Å². The summed E-state index contributed by atoms with van der Waals surface area (Å²) in [4.78, 5) is 22.4. The minimum Gasteiger partial charge on any atom is -0.440 e. The summed E-state index contributed by atoms with van der Waals surface area (Å²) in [5.74, 6) is 1.08. The predicted octanol–water partition coefficient (Wildman–Crippen LogP) is 5.12. The van der Waals surface area contributed by atoms with E-state index >= 15 is 0 Å². The summed E-state index contributed by atoms with van der Waals surface area (Å²) in [6, 6.07) is 8.08. The first kappa shape index (κ1) is 16.9. The molecule has 1 aromatic carbocycles. The Hall–Kier alpha value is -2.51. The van der Waals surface area contributed by atoms with Crippen LogP contribution in [0.3, 0.4) is 0 Å². The molecule has 132 valence electrons. The molecule has 0 saturated carbocycles. The monoisotopic (exact) mass is 383 g/mol. The molecule has 4 rings (SSSR count). The normalized spacial score (nSPS) is 11.2. The standard InChI is InChI=1S/C19H17N3O2S2/c1-10-7-11(2)17-15(8-10)26-19(22-17)21-16(23)9-13-12(3)24-18(20-13)14-5-4-6-25-14/h4-8H,9H2,1-3H3,(H,21,22,23). The smallest absolute Gasteiger partial charge is 0.236 e. The van der Waals surface area contributed by atoms with E-state index in [2.05, 4.69) is 34.3 Å². The van der Waals surface area contributed by atoms with E-state index in [-0.39, 0.29) is 12.3 Å². The molecule has 0 bridgehead atoms. The molecule has 4 aromatic rings. The van der Waals surface area contributed by atoms with Crippen molar-refractivity contribution in [2.24, 2.45) is 0 Å². The molecule has 3 aromatic heterocycles. The summed E-state index contributed by atoms with van der Waals surface area (Å²) in [6.45, 7) is 5.92. The van der Waals surface area contributed by atoms with Crippen molar-refractivity contribution in [1.29, 1.82) is 0 Å². The van der Waals surface area contributed by atoms with Crippen molar-refractivity contribution in [2.75, 3.05) is 5.32 Å². The average molecular weight is 383 g/mol. The number of aromatic nitrogens is 2. The summed E-state index contributed by atoms with van der Waals surface area (Å²) in [7, 11) is 0. The Bertz CT molecular complexity index is 1090. The van der Waals surface area contributed by atoms with Gasteiger partial charge in [0, 0.05) is 0 Å².